The monoisotopic (exact) mass is 319 g/mol. The van der Waals surface area contributed by atoms with E-state index in [9.17, 15) is 4.79 Å². The standard InChI is InChI=1S/C18H25NO4/c1-18(2)11-19(17(20)14-6-5-7-23-14)10-12-8-15(21-3)16(22-4)9-13(12)18/h8-9,14H,5-7,10-11H2,1-4H3. The Balaban J connectivity index is 1.93. The van der Waals surface area contributed by atoms with Crippen molar-refractivity contribution in [2.75, 3.05) is 27.4 Å². The fraction of sp³-hybridized carbons (Fsp3) is 0.611. The molecule has 0 spiro atoms. The highest BCUT2D eigenvalue weighted by molar-refractivity contribution is 5.81. The number of hydrogen-bond acceptors (Lipinski definition) is 4. The van der Waals surface area contributed by atoms with E-state index in [0.717, 1.165) is 24.2 Å². The zero-order valence-electron chi connectivity index (χ0n) is 14.3. The number of ether oxygens (including phenoxy) is 3. The van der Waals surface area contributed by atoms with Gasteiger partial charge in [-0.1, -0.05) is 13.8 Å². The first kappa shape index (κ1) is 16.1. The number of carbonyl (C=O) groups excluding carboxylic acids is 1. The Kier molecular flexibility index (Phi) is 4.23. The minimum Gasteiger partial charge on any atom is -0.493 e. The Hall–Kier alpha value is -1.75. The normalized spacial score (nSPS) is 22.6. The van der Waals surface area contributed by atoms with Crippen molar-refractivity contribution in [2.24, 2.45) is 0 Å². The number of hydrogen-bond donors (Lipinski definition) is 0. The van der Waals surface area contributed by atoms with Gasteiger partial charge in [0.05, 0.1) is 14.2 Å². The Labute approximate surface area is 137 Å². The molecule has 1 aromatic carbocycles. The maximum atomic E-state index is 12.7. The number of fused-ring (bicyclic) bond motifs is 1. The summed E-state index contributed by atoms with van der Waals surface area (Å²) >= 11 is 0. The van der Waals surface area contributed by atoms with Crippen LogP contribution in [0, 0.1) is 0 Å². The van der Waals surface area contributed by atoms with Crippen LogP contribution >= 0.6 is 0 Å². The van der Waals surface area contributed by atoms with Gasteiger partial charge in [0, 0.05) is 25.1 Å². The smallest absolute Gasteiger partial charge is 0.252 e. The van der Waals surface area contributed by atoms with Crippen molar-refractivity contribution in [3.8, 4) is 11.5 Å². The van der Waals surface area contributed by atoms with E-state index in [1.807, 2.05) is 17.0 Å². The fourth-order valence-corrected chi connectivity index (χ4v) is 3.64. The van der Waals surface area contributed by atoms with Gasteiger partial charge in [0.25, 0.3) is 5.91 Å². The third-order valence-corrected chi connectivity index (χ3v) is 4.80. The molecule has 1 atom stereocenters. The highest BCUT2D eigenvalue weighted by atomic mass is 16.5. The molecular formula is C18H25NO4. The van der Waals surface area contributed by atoms with Crippen LogP contribution in [0.15, 0.2) is 12.1 Å². The molecule has 1 fully saturated rings. The number of benzene rings is 1. The number of carbonyl (C=O) groups is 1. The van der Waals surface area contributed by atoms with Crippen molar-refractivity contribution in [2.45, 2.75) is 44.8 Å². The van der Waals surface area contributed by atoms with Crippen molar-refractivity contribution in [3.05, 3.63) is 23.3 Å². The van der Waals surface area contributed by atoms with Crippen LogP contribution in [0.5, 0.6) is 11.5 Å². The van der Waals surface area contributed by atoms with E-state index in [-0.39, 0.29) is 17.4 Å². The van der Waals surface area contributed by atoms with Crippen LogP contribution in [0.4, 0.5) is 0 Å². The SMILES string of the molecule is COc1cc2c(cc1OC)C(C)(C)CN(C(=O)C1CCCO1)C2. The Morgan fingerprint density at radius 3 is 2.57 bits per heavy atom. The summed E-state index contributed by atoms with van der Waals surface area (Å²) in [5.41, 5.74) is 2.19. The van der Waals surface area contributed by atoms with Gasteiger partial charge in [-0.05, 0) is 36.1 Å². The van der Waals surface area contributed by atoms with E-state index < -0.39 is 0 Å². The first-order chi connectivity index (χ1) is 11.0. The van der Waals surface area contributed by atoms with Crippen molar-refractivity contribution in [1.29, 1.82) is 0 Å². The van der Waals surface area contributed by atoms with Crippen LogP contribution in [0.2, 0.25) is 0 Å². The second kappa shape index (κ2) is 6.04. The molecule has 1 aromatic rings. The fourth-order valence-electron chi connectivity index (χ4n) is 3.64. The van der Waals surface area contributed by atoms with Crippen molar-refractivity contribution in [1.82, 2.24) is 4.90 Å². The second-order valence-corrected chi connectivity index (χ2v) is 6.94. The van der Waals surface area contributed by atoms with Gasteiger partial charge in [-0.25, -0.2) is 0 Å². The summed E-state index contributed by atoms with van der Waals surface area (Å²) in [6.07, 6.45) is 1.52. The molecule has 1 unspecified atom stereocenters. The van der Waals surface area contributed by atoms with E-state index >= 15 is 0 Å². The van der Waals surface area contributed by atoms with Gasteiger partial charge in [-0.2, -0.15) is 0 Å². The number of methoxy groups -OCH3 is 2. The Bertz CT molecular complexity index is 605. The number of nitrogens with zero attached hydrogens (tertiary/aromatic N) is 1. The largest absolute Gasteiger partial charge is 0.493 e. The molecular weight excluding hydrogens is 294 g/mol. The summed E-state index contributed by atoms with van der Waals surface area (Å²) in [6, 6.07) is 4.03. The lowest BCUT2D eigenvalue weighted by Gasteiger charge is -2.41. The van der Waals surface area contributed by atoms with Crippen LogP contribution in [0.3, 0.4) is 0 Å². The molecule has 3 rings (SSSR count). The molecule has 2 aliphatic rings. The van der Waals surface area contributed by atoms with E-state index in [2.05, 4.69) is 13.8 Å². The summed E-state index contributed by atoms with van der Waals surface area (Å²) in [6.45, 7) is 6.29. The van der Waals surface area contributed by atoms with Gasteiger partial charge in [0.15, 0.2) is 11.5 Å². The molecule has 126 valence electrons. The Morgan fingerprint density at radius 1 is 1.26 bits per heavy atom. The van der Waals surface area contributed by atoms with Gasteiger partial charge in [0.1, 0.15) is 6.10 Å². The summed E-state index contributed by atoms with van der Waals surface area (Å²) < 4.78 is 16.4. The predicted molar refractivity (Wildman–Crippen MR) is 87.0 cm³/mol. The van der Waals surface area contributed by atoms with Gasteiger partial charge in [-0.15, -0.1) is 0 Å². The molecule has 0 radical (unpaired) electrons. The number of rotatable bonds is 3. The lowest BCUT2D eigenvalue weighted by Crippen LogP contribution is -2.48. The van der Waals surface area contributed by atoms with Crippen molar-refractivity contribution in [3.63, 3.8) is 0 Å². The summed E-state index contributed by atoms with van der Waals surface area (Å²) in [5.74, 6) is 1.54. The first-order valence-corrected chi connectivity index (χ1v) is 8.12. The van der Waals surface area contributed by atoms with Crippen LogP contribution in [-0.4, -0.2) is 44.3 Å². The minimum atomic E-state index is -0.271. The van der Waals surface area contributed by atoms with E-state index in [4.69, 9.17) is 14.2 Å². The van der Waals surface area contributed by atoms with Crippen LogP contribution in [0.1, 0.15) is 37.8 Å². The molecule has 2 heterocycles. The molecule has 0 N–H and O–H groups in total. The molecule has 2 aliphatic heterocycles. The highest BCUT2D eigenvalue weighted by Crippen LogP contribution is 2.40. The molecule has 1 amide bonds. The first-order valence-electron chi connectivity index (χ1n) is 8.12. The molecule has 1 saturated heterocycles. The summed E-state index contributed by atoms with van der Waals surface area (Å²) in [7, 11) is 3.28. The van der Waals surface area contributed by atoms with E-state index in [0.29, 0.717) is 25.4 Å². The van der Waals surface area contributed by atoms with Crippen LogP contribution in [-0.2, 0) is 21.5 Å². The van der Waals surface area contributed by atoms with Crippen LogP contribution in [0.25, 0.3) is 0 Å². The highest BCUT2D eigenvalue weighted by Gasteiger charge is 2.38. The zero-order valence-corrected chi connectivity index (χ0v) is 14.3. The third-order valence-electron chi connectivity index (χ3n) is 4.80. The number of amides is 1. The van der Waals surface area contributed by atoms with Gasteiger partial charge in [-0.3, -0.25) is 4.79 Å². The van der Waals surface area contributed by atoms with Gasteiger partial charge < -0.3 is 19.1 Å². The Morgan fingerprint density at radius 2 is 1.96 bits per heavy atom. The van der Waals surface area contributed by atoms with Crippen LogP contribution < -0.4 is 9.47 Å². The van der Waals surface area contributed by atoms with Crippen molar-refractivity contribution >= 4 is 5.91 Å². The van der Waals surface area contributed by atoms with E-state index in [1.54, 1.807) is 14.2 Å². The predicted octanol–water partition coefficient (Wildman–Crippen LogP) is 2.50. The maximum absolute atomic E-state index is 12.7. The van der Waals surface area contributed by atoms with E-state index in [1.165, 1.54) is 5.56 Å². The molecule has 0 saturated carbocycles. The average molecular weight is 319 g/mol. The average Bonchev–Trinajstić information content (AvgIpc) is 3.06. The molecule has 0 aromatic heterocycles. The summed E-state index contributed by atoms with van der Waals surface area (Å²) in [4.78, 5) is 14.6. The maximum Gasteiger partial charge on any atom is 0.252 e. The molecule has 5 heteroatoms. The van der Waals surface area contributed by atoms with Gasteiger partial charge in [0.2, 0.25) is 0 Å². The molecule has 0 aliphatic carbocycles. The molecule has 23 heavy (non-hydrogen) atoms. The van der Waals surface area contributed by atoms with Gasteiger partial charge >= 0.3 is 0 Å². The topological polar surface area (TPSA) is 48.0 Å². The molecule has 5 nitrogen and oxygen atoms in total. The second-order valence-electron chi connectivity index (χ2n) is 6.94. The quantitative estimate of drug-likeness (QED) is 0.859. The minimum absolute atomic E-state index is 0.107. The lowest BCUT2D eigenvalue weighted by molar-refractivity contribution is -0.142. The van der Waals surface area contributed by atoms with Crippen molar-refractivity contribution < 1.29 is 19.0 Å². The summed E-state index contributed by atoms with van der Waals surface area (Å²) in [5, 5.41) is 0. The molecule has 0 bridgehead atoms. The zero-order chi connectivity index (χ0) is 16.6. The lowest BCUT2D eigenvalue weighted by atomic mass is 9.78. The third kappa shape index (κ3) is 2.90.